The van der Waals surface area contributed by atoms with E-state index in [0.717, 1.165) is 43.5 Å². The van der Waals surface area contributed by atoms with Gasteiger partial charge in [-0.2, -0.15) is 0 Å². The van der Waals surface area contributed by atoms with Crippen LogP contribution in [-0.2, 0) is 4.74 Å². The van der Waals surface area contributed by atoms with Gasteiger partial charge in [-0.15, -0.1) is 0 Å². The fourth-order valence-electron chi connectivity index (χ4n) is 4.53. The largest absolute Gasteiger partial charge is 0.383 e. The highest BCUT2D eigenvalue weighted by molar-refractivity contribution is 5.95. The van der Waals surface area contributed by atoms with Gasteiger partial charge in [0.05, 0.1) is 12.6 Å². The third-order valence-corrected chi connectivity index (χ3v) is 6.06. The van der Waals surface area contributed by atoms with Crippen molar-refractivity contribution >= 4 is 5.91 Å². The van der Waals surface area contributed by atoms with Crippen molar-refractivity contribution < 1.29 is 9.53 Å². The lowest BCUT2D eigenvalue weighted by Crippen LogP contribution is -2.54. The van der Waals surface area contributed by atoms with Crippen molar-refractivity contribution in [3.05, 3.63) is 65.5 Å². The second-order valence-corrected chi connectivity index (χ2v) is 7.55. The van der Waals surface area contributed by atoms with E-state index in [4.69, 9.17) is 4.74 Å². The van der Waals surface area contributed by atoms with Gasteiger partial charge in [-0.1, -0.05) is 37.3 Å². The summed E-state index contributed by atoms with van der Waals surface area (Å²) in [5.41, 5.74) is 2.61. The number of hydrogen-bond acceptors (Lipinski definition) is 4. The monoisotopic (exact) mass is 381 g/mol. The molecule has 2 atom stereocenters. The van der Waals surface area contributed by atoms with Crippen molar-refractivity contribution in [1.82, 2.24) is 15.2 Å². The topological polar surface area (TPSA) is 54.5 Å². The summed E-state index contributed by atoms with van der Waals surface area (Å²) < 4.78 is 5.36. The first kappa shape index (κ1) is 20.5. The maximum absolute atomic E-state index is 13.2. The third kappa shape index (κ3) is 4.10. The molecule has 1 fully saturated rings. The molecule has 5 nitrogen and oxygen atoms in total. The van der Waals surface area contributed by atoms with E-state index in [9.17, 15) is 4.79 Å². The molecule has 1 aromatic heterocycles. The number of nitrogens with one attached hydrogen (secondary N) is 1. The number of aryl methyl sites for hydroxylation is 1. The first-order valence-electron chi connectivity index (χ1n) is 10.1. The van der Waals surface area contributed by atoms with Crippen molar-refractivity contribution in [2.45, 2.75) is 44.7 Å². The van der Waals surface area contributed by atoms with Crippen molar-refractivity contribution in [2.75, 3.05) is 26.8 Å². The minimum Gasteiger partial charge on any atom is -0.383 e. The molecule has 1 saturated heterocycles. The average Bonchev–Trinajstić information content (AvgIpc) is 3.15. The predicted octanol–water partition coefficient (Wildman–Crippen LogP) is 3.75. The summed E-state index contributed by atoms with van der Waals surface area (Å²) in [6, 6.07) is 12.1. The number of carbonyl (C=O) groups is 1. The van der Waals surface area contributed by atoms with Crippen LogP contribution in [0.4, 0.5) is 0 Å². The molecule has 2 aromatic rings. The Kier molecular flexibility index (Phi) is 6.81. The second-order valence-electron chi connectivity index (χ2n) is 7.55. The second kappa shape index (κ2) is 9.30. The number of nitrogens with zero attached hydrogens (tertiary/aromatic N) is 2. The Bertz CT molecular complexity index is 780. The summed E-state index contributed by atoms with van der Waals surface area (Å²) in [6.45, 7) is 6.75. The number of likely N-dealkylation sites (tertiary alicyclic amines) is 1. The lowest BCUT2D eigenvalue weighted by molar-refractivity contribution is 0.0524. The van der Waals surface area contributed by atoms with E-state index in [2.05, 4.69) is 34.3 Å². The van der Waals surface area contributed by atoms with Crippen LogP contribution in [-0.4, -0.2) is 48.1 Å². The molecule has 2 unspecified atom stereocenters. The smallest absolute Gasteiger partial charge is 0.252 e. The molecule has 1 amide bonds. The van der Waals surface area contributed by atoms with E-state index in [1.165, 1.54) is 0 Å². The van der Waals surface area contributed by atoms with Crippen LogP contribution < -0.4 is 5.32 Å². The van der Waals surface area contributed by atoms with Gasteiger partial charge in [-0.3, -0.25) is 14.7 Å². The van der Waals surface area contributed by atoms with Gasteiger partial charge in [0.2, 0.25) is 0 Å². The summed E-state index contributed by atoms with van der Waals surface area (Å²) >= 11 is 0. The quantitative estimate of drug-likeness (QED) is 0.757. The Hall–Kier alpha value is -2.24. The zero-order valence-corrected chi connectivity index (χ0v) is 17.1. The molecule has 5 heteroatoms. The molecule has 0 bridgehead atoms. The zero-order chi connectivity index (χ0) is 20.0. The summed E-state index contributed by atoms with van der Waals surface area (Å²) in [5.74, 6) is -0.0415. The molecule has 1 aromatic carbocycles. The standard InChI is InChI=1S/C23H31N3O2/c1-4-23(12-8-14-26(23)15-16-28-3)21(19-9-6-5-7-10-19)25-22(27)20-11-13-24-17-18(20)2/h5-7,9-11,13,17,21H,4,8,12,14-16H2,1-3H3,(H,25,27). The van der Waals surface area contributed by atoms with Crippen molar-refractivity contribution in [3.8, 4) is 0 Å². The van der Waals surface area contributed by atoms with E-state index in [0.29, 0.717) is 12.2 Å². The molecular weight excluding hydrogens is 350 g/mol. The van der Waals surface area contributed by atoms with Gasteiger partial charge < -0.3 is 10.1 Å². The Balaban J connectivity index is 1.97. The third-order valence-electron chi connectivity index (χ3n) is 6.06. The number of hydrogen-bond donors (Lipinski definition) is 1. The van der Waals surface area contributed by atoms with E-state index in [1.807, 2.05) is 25.1 Å². The molecular formula is C23H31N3O2. The summed E-state index contributed by atoms with van der Waals surface area (Å²) in [4.78, 5) is 19.8. The van der Waals surface area contributed by atoms with Gasteiger partial charge in [-0.05, 0) is 49.9 Å². The highest BCUT2D eigenvalue weighted by atomic mass is 16.5. The molecule has 28 heavy (non-hydrogen) atoms. The lowest BCUT2D eigenvalue weighted by Gasteiger charge is -2.45. The fourth-order valence-corrected chi connectivity index (χ4v) is 4.53. The Morgan fingerprint density at radius 2 is 2.11 bits per heavy atom. The van der Waals surface area contributed by atoms with E-state index < -0.39 is 0 Å². The number of benzene rings is 1. The maximum Gasteiger partial charge on any atom is 0.252 e. The minimum absolute atomic E-state index is 0.0415. The van der Waals surface area contributed by atoms with Crippen LogP contribution in [0.5, 0.6) is 0 Å². The Labute approximate surface area is 168 Å². The van der Waals surface area contributed by atoms with Gasteiger partial charge in [0.1, 0.15) is 0 Å². The Morgan fingerprint density at radius 1 is 1.32 bits per heavy atom. The highest BCUT2D eigenvalue weighted by Crippen LogP contribution is 2.42. The van der Waals surface area contributed by atoms with Crippen LogP contribution in [0.3, 0.4) is 0 Å². The summed E-state index contributed by atoms with van der Waals surface area (Å²) in [6.07, 6.45) is 6.57. The highest BCUT2D eigenvalue weighted by Gasteiger charge is 2.46. The van der Waals surface area contributed by atoms with Crippen LogP contribution in [0.25, 0.3) is 0 Å². The molecule has 1 aliphatic rings. The van der Waals surface area contributed by atoms with Crippen LogP contribution in [0.1, 0.15) is 53.7 Å². The first-order valence-corrected chi connectivity index (χ1v) is 10.1. The predicted molar refractivity (Wildman–Crippen MR) is 111 cm³/mol. The molecule has 3 rings (SSSR count). The van der Waals surface area contributed by atoms with Gasteiger partial charge in [0.15, 0.2) is 0 Å². The summed E-state index contributed by atoms with van der Waals surface area (Å²) in [5, 5.41) is 3.38. The van der Waals surface area contributed by atoms with Gasteiger partial charge in [0, 0.05) is 37.2 Å². The van der Waals surface area contributed by atoms with Crippen LogP contribution in [0.2, 0.25) is 0 Å². The summed E-state index contributed by atoms with van der Waals surface area (Å²) in [7, 11) is 1.74. The van der Waals surface area contributed by atoms with Crippen molar-refractivity contribution in [1.29, 1.82) is 0 Å². The zero-order valence-electron chi connectivity index (χ0n) is 17.1. The lowest BCUT2D eigenvalue weighted by atomic mass is 9.80. The first-order chi connectivity index (χ1) is 13.6. The molecule has 0 spiro atoms. The maximum atomic E-state index is 13.2. The molecule has 1 N–H and O–H groups in total. The molecule has 0 aliphatic carbocycles. The average molecular weight is 382 g/mol. The number of amides is 1. The van der Waals surface area contributed by atoms with E-state index in [1.54, 1.807) is 25.6 Å². The molecule has 0 saturated carbocycles. The molecule has 2 heterocycles. The van der Waals surface area contributed by atoms with E-state index in [-0.39, 0.29) is 17.5 Å². The molecule has 150 valence electrons. The van der Waals surface area contributed by atoms with Crippen molar-refractivity contribution in [2.24, 2.45) is 0 Å². The number of ether oxygens (including phenoxy) is 1. The fraction of sp³-hybridized carbons (Fsp3) is 0.478. The number of aromatic nitrogens is 1. The van der Waals surface area contributed by atoms with Gasteiger partial charge in [0.25, 0.3) is 5.91 Å². The van der Waals surface area contributed by atoms with Crippen molar-refractivity contribution in [3.63, 3.8) is 0 Å². The number of carbonyl (C=O) groups excluding carboxylic acids is 1. The number of pyridine rings is 1. The normalized spacial score (nSPS) is 20.8. The van der Waals surface area contributed by atoms with Gasteiger partial charge >= 0.3 is 0 Å². The Morgan fingerprint density at radius 3 is 2.79 bits per heavy atom. The van der Waals surface area contributed by atoms with Gasteiger partial charge in [-0.25, -0.2) is 0 Å². The van der Waals surface area contributed by atoms with E-state index >= 15 is 0 Å². The minimum atomic E-state index is -0.115. The molecule has 1 aliphatic heterocycles. The SMILES string of the molecule is CCC1(C(NC(=O)c2ccncc2C)c2ccccc2)CCCN1CCOC. The number of methoxy groups -OCH3 is 1. The number of rotatable bonds is 8. The molecule has 0 radical (unpaired) electrons. The van der Waals surface area contributed by atoms with Crippen LogP contribution in [0, 0.1) is 6.92 Å². The van der Waals surface area contributed by atoms with Crippen LogP contribution in [0.15, 0.2) is 48.8 Å². The van der Waals surface area contributed by atoms with Crippen LogP contribution >= 0.6 is 0 Å².